The third-order valence-electron chi connectivity index (χ3n) is 3.36. The second-order valence-corrected chi connectivity index (χ2v) is 6.31. The van der Waals surface area contributed by atoms with Gasteiger partial charge in [-0.05, 0) is 42.8 Å². The van der Waals surface area contributed by atoms with E-state index < -0.39 is 0 Å². The number of thioether (sulfide) groups is 1. The van der Waals surface area contributed by atoms with E-state index in [1.807, 2.05) is 11.8 Å². The summed E-state index contributed by atoms with van der Waals surface area (Å²) in [6, 6.07) is 9.54. The first-order chi connectivity index (χ1) is 8.71. The molecule has 1 aromatic rings. The van der Waals surface area contributed by atoms with E-state index in [-0.39, 0.29) is 0 Å². The first-order valence-electron chi connectivity index (χ1n) is 7.11. The molecule has 0 spiro atoms. The van der Waals surface area contributed by atoms with Gasteiger partial charge in [0.2, 0.25) is 0 Å². The van der Waals surface area contributed by atoms with E-state index in [9.17, 15) is 0 Å². The average Bonchev–Trinajstić information content (AvgIpc) is 2.38. The van der Waals surface area contributed by atoms with Gasteiger partial charge >= 0.3 is 0 Å². The number of hydrogen-bond acceptors (Lipinski definition) is 2. The molecule has 0 heterocycles. The Kier molecular flexibility index (Phi) is 7.45. The van der Waals surface area contributed by atoms with Gasteiger partial charge in [-0.25, -0.2) is 0 Å². The molecule has 1 nitrogen and oxygen atoms in total. The van der Waals surface area contributed by atoms with E-state index in [1.165, 1.54) is 29.7 Å². The van der Waals surface area contributed by atoms with Gasteiger partial charge in [-0.15, -0.1) is 11.8 Å². The van der Waals surface area contributed by atoms with Gasteiger partial charge in [0.1, 0.15) is 0 Å². The normalized spacial score (nSPS) is 14.4. The van der Waals surface area contributed by atoms with Gasteiger partial charge in [0.15, 0.2) is 0 Å². The third kappa shape index (κ3) is 5.03. The van der Waals surface area contributed by atoms with Gasteiger partial charge < -0.3 is 5.32 Å². The zero-order valence-electron chi connectivity index (χ0n) is 12.2. The van der Waals surface area contributed by atoms with Crippen LogP contribution in [0.2, 0.25) is 0 Å². The topological polar surface area (TPSA) is 12.0 Å². The quantitative estimate of drug-likeness (QED) is 0.672. The predicted molar refractivity (Wildman–Crippen MR) is 83.3 cm³/mol. The predicted octanol–water partition coefficient (Wildman–Crippen LogP) is 4.89. The molecule has 0 aliphatic heterocycles. The summed E-state index contributed by atoms with van der Waals surface area (Å²) in [5.41, 5.74) is 1.42. The summed E-state index contributed by atoms with van der Waals surface area (Å²) >= 11 is 1.90. The Balaban J connectivity index is 2.63. The van der Waals surface area contributed by atoms with Crippen LogP contribution >= 0.6 is 11.8 Å². The van der Waals surface area contributed by atoms with Crippen LogP contribution in [0.3, 0.4) is 0 Å². The Labute approximate surface area is 117 Å². The van der Waals surface area contributed by atoms with Crippen LogP contribution in [0.25, 0.3) is 0 Å². The van der Waals surface area contributed by atoms with Crippen LogP contribution in [0, 0.1) is 5.92 Å². The number of rotatable bonds is 8. The van der Waals surface area contributed by atoms with E-state index in [2.05, 4.69) is 57.4 Å². The van der Waals surface area contributed by atoms with Crippen LogP contribution in [0.4, 0.5) is 0 Å². The molecule has 0 amide bonds. The number of benzene rings is 1. The molecule has 102 valence electrons. The van der Waals surface area contributed by atoms with Crippen molar-refractivity contribution in [2.45, 2.75) is 51.0 Å². The lowest BCUT2D eigenvalue weighted by atomic mass is 9.93. The molecule has 1 rings (SSSR count). The molecule has 2 heteroatoms. The van der Waals surface area contributed by atoms with Crippen LogP contribution in [0.5, 0.6) is 0 Å². The fourth-order valence-corrected chi connectivity index (χ4v) is 3.06. The molecule has 0 fully saturated rings. The van der Waals surface area contributed by atoms with Crippen molar-refractivity contribution in [2.24, 2.45) is 5.92 Å². The number of nitrogens with one attached hydrogen (secondary N) is 1. The fraction of sp³-hybridized carbons (Fsp3) is 0.625. The fourth-order valence-electron chi connectivity index (χ4n) is 2.40. The first kappa shape index (κ1) is 15.6. The summed E-state index contributed by atoms with van der Waals surface area (Å²) in [5, 5.41) is 3.45. The van der Waals surface area contributed by atoms with Crippen LogP contribution in [0.1, 0.15) is 51.6 Å². The maximum Gasteiger partial charge on any atom is 0.0320 e. The minimum Gasteiger partial charge on any atom is -0.313 e. The van der Waals surface area contributed by atoms with Crippen LogP contribution in [0.15, 0.2) is 29.2 Å². The maximum absolute atomic E-state index is 3.45. The summed E-state index contributed by atoms with van der Waals surface area (Å²) in [6.45, 7) is 6.82. The van der Waals surface area contributed by atoms with E-state index in [0.29, 0.717) is 6.04 Å². The molecule has 2 atom stereocenters. The zero-order valence-corrected chi connectivity index (χ0v) is 13.0. The molecule has 1 aromatic carbocycles. The Morgan fingerprint density at radius 3 is 2.33 bits per heavy atom. The molecule has 0 aliphatic carbocycles. The molecular formula is C16H27NS. The highest BCUT2D eigenvalue weighted by Crippen LogP contribution is 2.26. The number of hydrogen-bond donors (Lipinski definition) is 1. The maximum atomic E-state index is 3.45. The molecular weight excluding hydrogens is 238 g/mol. The highest BCUT2D eigenvalue weighted by atomic mass is 32.2. The van der Waals surface area contributed by atoms with Crippen LogP contribution in [-0.2, 0) is 0 Å². The average molecular weight is 265 g/mol. The summed E-state index contributed by atoms with van der Waals surface area (Å²) < 4.78 is 0. The lowest BCUT2D eigenvalue weighted by Gasteiger charge is -2.21. The Hall–Kier alpha value is -0.470. The van der Waals surface area contributed by atoms with E-state index >= 15 is 0 Å². The van der Waals surface area contributed by atoms with Crippen molar-refractivity contribution in [1.29, 1.82) is 0 Å². The lowest BCUT2D eigenvalue weighted by Crippen LogP contribution is -2.19. The van der Waals surface area contributed by atoms with Crippen molar-refractivity contribution in [1.82, 2.24) is 5.32 Å². The van der Waals surface area contributed by atoms with Gasteiger partial charge in [0, 0.05) is 10.9 Å². The molecule has 18 heavy (non-hydrogen) atoms. The Bertz CT molecular complexity index is 320. The Morgan fingerprint density at radius 1 is 1.17 bits per heavy atom. The molecule has 0 aromatic heterocycles. The zero-order chi connectivity index (χ0) is 13.4. The smallest absolute Gasteiger partial charge is 0.0320 e. The minimum absolute atomic E-state index is 0.493. The van der Waals surface area contributed by atoms with E-state index in [1.54, 1.807) is 0 Å². The van der Waals surface area contributed by atoms with Crippen LogP contribution < -0.4 is 5.32 Å². The van der Waals surface area contributed by atoms with Gasteiger partial charge in [-0.1, -0.05) is 45.7 Å². The third-order valence-corrected chi connectivity index (χ3v) is 4.26. The second kappa shape index (κ2) is 8.60. The largest absolute Gasteiger partial charge is 0.313 e. The summed E-state index contributed by atoms with van der Waals surface area (Å²) in [5.74, 6) is 1.93. The molecule has 2 unspecified atom stereocenters. The molecule has 0 aliphatic rings. The van der Waals surface area contributed by atoms with Gasteiger partial charge in [0.25, 0.3) is 0 Å². The van der Waals surface area contributed by atoms with Gasteiger partial charge in [-0.2, -0.15) is 0 Å². The molecule has 0 bridgehead atoms. The van der Waals surface area contributed by atoms with Crippen LogP contribution in [-0.4, -0.2) is 12.8 Å². The van der Waals surface area contributed by atoms with Crippen molar-refractivity contribution in [3.05, 3.63) is 29.8 Å². The molecule has 0 saturated carbocycles. The van der Waals surface area contributed by atoms with Crippen molar-refractivity contribution in [3.63, 3.8) is 0 Å². The molecule has 0 saturated heterocycles. The molecule has 0 radical (unpaired) electrons. The van der Waals surface area contributed by atoms with Gasteiger partial charge in [0.05, 0.1) is 0 Å². The van der Waals surface area contributed by atoms with Crippen molar-refractivity contribution in [3.8, 4) is 0 Å². The van der Waals surface area contributed by atoms with Crippen molar-refractivity contribution < 1.29 is 0 Å². The van der Waals surface area contributed by atoms with E-state index in [4.69, 9.17) is 0 Å². The summed E-state index contributed by atoms with van der Waals surface area (Å²) in [4.78, 5) is 1.37. The standard InChI is InChI=1S/C16H27NS/c1-5-7-13(3)12-16(17-4)14-8-10-15(11-9-14)18-6-2/h8-11,13,16-17H,5-7,12H2,1-4H3. The lowest BCUT2D eigenvalue weighted by molar-refractivity contribution is 0.407. The second-order valence-electron chi connectivity index (χ2n) is 4.97. The Morgan fingerprint density at radius 2 is 1.83 bits per heavy atom. The monoisotopic (exact) mass is 265 g/mol. The highest BCUT2D eigenvalue weighted by Gasteiger charge is 2.13. The SMILES string of the molecule is CCCC(C)CC(NC)c1ccc(SCC)cc1. The highest BCUT2D eigenvalue weighted by molar-refractivity contribution is 7.99. The van der Waals surface area contributed by atoms with Crippen molar-refractivity contribution in [2.75, 3.05) is 12.8 Å². The minimum atomic E-state index is 0.493. The van der Waals surface area contributed by atoms with E-state index in [0.717, 1.165) is 11.7 Å². The summed E-state index contributed by atoms with van der Waals surface area (Å²) in [7, 11) is 2.07. The van der Waals surface area contributed by atoms with Gasteiger partial charge in [-0.3, -0.25) is 0 Å². The molecule has 1 N–H and O–H groups in total. The summed E-state index contributed by atoms with van der Waals surface area (Å²) in [6.07, 6.45) is 3.83. The first-order valence-corrected chi connectivity index (χ1v) is 8.09. The van der Waals surface area contributed by atoms with Crippen molar-refractivity contribution >= 4 is 11.8 Å².